The van der Waals surface area contributed by atoms with Crippen molar-refractivity contribution in [3.8, 4) is 0 Å². The second-order valence-electron chi connectivity index (χ2n) is 1.96. The van der Waals surface area contributed by atoms with Crippen LogP contribution >= 0.6 is 22.6 Å². The molecule has 1 unspecified atom stereocenters. The number of nitrogens with two attached hydrogens (primary N) is 3. The molecule has 50 valence electrons. The Morgan fingerprint density at radius 2 is 2.00 bits per heavy atom. The molecule has 0 aromatic carbocycles. The lowest BCUT2D eigenvalue weighted by Crippen LogP contribution is -2.50. The number of halogens is 1. The molecular weight excluding hydrogens is 217 g/mol. The molecule has 6 N–H and O–H groups in total. The van der Waals surface area contributed by atoms with E-state index in [2.05, 4.69) is 0 Å². The zero-order chi connectivity index (χ0) is 6.78. The molecule has 0 saturated carbocycles. The SMILES string of the molecule is CC(CN)C(N)(N)I. The molecule has 0 bridgehead atoms. The van der Waals surface area contributed by atoms with Gasteiger partial charge in [0.15, 0.2) is 0 Å². The van der Waals surface area contributed by atoms with E-state index in [4.69, 9.17) is 17.2 Å². The highest BCUT2D eigenvalue weighted by Gasteiger charge is 2.20. The van der Waals surface area contributed by atoms with E-state index in [-0.39, 0.29) is 5.92 Å². The number of alkyl halides is 1. The first-order chi connectivity index (χ1) is 3.48. The fourth-order valence-electron chi connectivity index (χ4n) is 0.181. The van der Waals surface area contributed by atoms with Gasteiger partial charge >= 0.3 is 0 Å². The van der Waals surface area contributed by atoms with Crippen molar-refractivity contribution >= 4 is 22.6 Å². The monoisotopic (exact) mass is 229 g/mol. The van der Waals surface area contributed by atoms with Crippen LogP contribution in [0.1, 0.15) is 6.92 Å². The van der Waals surface area contributed by atoms with E-state index in [0.29, 0.717) is 6.54 Å². The van der Waals surface area contributed by atoms with Crippen LogP contribution in [-0.4, -0.2) is 10.2 Å². The van der Waals surface area contributed by atoms with Crippen LogP contribution in [0.2, 0.25) is 0 Å². The van der Waals surface area contributed by atoms with Crippen molar-refractivity contribution in [2.75, 3.05) is 6.54 Å². The average molecular weight is 229 g/mol. The predicted octanol–water partition coefficient (Wildman–Crippen LogP) is -0.413. The normalized spacial score (nSPS) is 16.1. The summed E-state index contributed by atoms with van der Waals surface area (Å²) in [4.78, 5) is 0. The van der Waals surface area contributed by atoms with E-state index in [1.54, 1.807) is 0 Å². The largest absolute Gasteiger partial charge is 0.330 e. The fourth-order valence-corrected chi connectivity index (χ4v) is 0.435. The van der Waals surface area contributed by atoms with Gasteiger partial charge in [-0.1, -0.05) is 6.92 Å². The van der Waals surface area contributed by atoms with Crippen molar-refractivity contribution in [3.63, 3.8) is 0 Å². The Hall–Kier alpha value is 0.610. The van der Waals surface area contributed by atoms with E-state index in [0.717, 1.165) is 0 Å². The molecule has 0 radical (unpaired) electrons. The highest BCUT2D eigenvalue weighted by atomic mass is 127. The first kappa shape index (κ1) is 8.61. The van der Waals surface area contributed by atoms with Crippen molar-refractivity contribution in [2.24, 2.45) is 23.1 Å². The summed E-state index contributed by atoms with van der Waals surface area (Å²) in [6, 6.07) is 0. The second-order valence-corrected chi connectivity index (χ2v) is 3.83. The van der Waals surface area contributed by atoms with Crippen LogP contribution in [0.3, 0.4) is 0 Å². The van der Waals surface area contributed by atoms with Crippen molar-refractivity contribution < 1.29 is 0 Å². The number of rotatable bonds is 2. The lowest BCUT2D eigenvalue weighted by molar-refractivity contribution is 0.457. The fraction of sp³-hybridized carbons (Fsp3) is 1.00. The van der Waals surface area contributed by atoms with Crippen LogP contribution in [0.5, 0.6) is 0 Å². The van der Waals surface area contributed by atoms with Crippen LogP contribution in [0.15, 0.2) is 0 Å². The molecule has 0 heterocycles. The topological polar surface area (TPSA) is 78.1 Å². The van der Waals surface area contributed by atoms with E-state index < -0.39 is 3.67 Å². The minimum absolute atomic E-state index is 0.170. The minimum atomic E-state index is -0.646. The molecule has 0 amide bonds. The van der Waals surface area contributed by atoms with E-state index in [9.17, 15) is 0 Å². The van der Waals surface area contributed by atoms with Crippen LogP contribution in [0, 0.1) is 5.92 Å². The quantitative estimate of drug-likeness (QED) is 0.260. The van der Waals surface area contributed by atoms with Gasteiger partial charge in [-0.25, -0.2) is 0 Å². The van der Waals surface area contributed by atoms with Crippen LogP contribution in [-0.2, 0) is 0 Å². The summed E-state index contributed by atoms with van der Waals surface area (Å²) >= 11 is 1.98. The molecular formula is C4H12IN3. The van der Waals surface area contributed by atoms with Gasteiger partial charge in [-0.3, -0.25) is 0 Å². The summed E-state index contributed by atoms with van der Waals surface area (Å²) in [5, 5.41) is 0. The van der Waals surface area contributed by atoms with Gasteiger partial charge in [-0.05, 0) is 29.1 Å². The third-order valence-electron chi connectivity index (χ3n) is 1.11. The predicted molar refractivity (Wildman–Crippen MR) is 43.3 cm³/mol. The number of hydrogen-bond acceptors (Lipinski definition) is 3. The maximum Gasteiger partial charge on any atom is 0.121 e. The van der Waals surface area contributed by atoms with Gasteiger partial charge in [0.25, 0.3) is 0 Å². The van der Waals surface area contributed by atoms with Crippen LogP contribution in [0.4, 0.5) is 0 Å². The molecule has 8 heavy (non-hydrogen) atoms. The summed E-state index contributed by atoms with van der Waals surface area (Å²) in [5.41, 5.74) is 16.2. The van der Waals surface area contributed by atoms with Crippen molar-refractivity contribution in [1.29, 1.82) is 0 Å². The smallest absolute Gasteiger partial charge is 0.121 e. The Bertz CT molecular complexity index is 68.2. The molecule has 0 aliphatic carbocycles. The Labute approximate surface area is 63.1 Å². The van der Waals surface area contributed by atoms with Crippen molar-refractivity contribution in [2.45, 2.75) is 10.6 Å². The first-order valence-corrected chi connectivity index (χ1v) is 3.53. The van der Waals surface area contributed by atoms with Crippen molar-refractivity contribution in [1.82, 2.24) is 0 Å². The standard InChI is InChI=1S/C4H12IN3/c1-3(2-6)4(5,7)8/h3H,2,6-8H2,1H3. The second kappa shape index (κ2) is 2.95. The van der Waals surface area contributed by atoms with Gasteiger partial charge in [0.2, 0.25) is 0 Å². The van der Waals surface area contributed by atoms with E-state index in [1.165, 1.54) is 0 Å². The maximum atomic E-state index is 5.47. The molecule has 1 atom stereocenters. The molecule has 3 nitrogen and oxygen atoms in total. The minimum Gasteiger partial charge on any atom is -0.330 e. The first-order valence-electron chi connectivity index (χ1n) is 2.45. The zero-order valence-electron chi connectivity index (χ0n) is 4.89. The Kier molecular flexibility index (Phi) is 3.18. The van der Waals surface area contributed by atoms with Gasteiger partial charge in [0.1, 0.15) is 3.67 Å². The lowest BCUT2D eigenvalue weighted by atomic mass is 10.1. The molecule has 0 aliphatic heterocycles. The lowest BCUT2D eigenvalue weighted by Gasteiger charge is -2.22. The Balaban J connectivity index is 3.62. The highest BCUT2D eigenvalue weighted by Crippen LogP contribution is 2.13. The zero-order valence-corrected chi connectivity index (χ0v) is 7.05. The summed E-state index contributed by atoms with van der Waals surface area (Å²) in [6.07, 6.45) is 0. The van der Waals surface area contributed by atoms with Gasteiger partial charge in [-0.15, -0.1) is 0 Å². The molecule has 0 saturated heterocycles. The Morgan fingerprint density at radius 1 is 1.62 bits per heavy atom. The summed E-state index contributed by atoms with van der Waals surface area (Å²) < 4.78 is -0.646. The Morgan fingerprint density at radius 3 is 2.00 bits per heavy atom. The number of hydrogen-bond donors (Lipinski definition) is 3. The van der Waals surface area contributed by atoms with Gasteiger partial charge in [0.05, 0.1) is 0 Å². The van der Waals surface area contributed by atoms with Crippen LogP contribution < -0.4 is 17.2 Å². The highest BCUT2D eigenvalue weighted by molar-refractivity contribution is 14.1. The summed E-state index contributed by atoms with van der Waals surface area (Å²) in [5.74, 6) is 0.170. The molecule has 0 aromatic heterocycles. The molecule has 0 spiro atoms. The van der Waals surface area contributed by atoms with Crippen LogP contribution in [0.25, 0.3) is 0 Å². The van der Waals surface area contributed by atoms with Gasteiger partial charge in [0, 0.05) is 5.92 Å². The van der Waals surface area contributed by atoms with Gasteiger partial charge < -0.3 is 17.2 Å². The molecule has 0 aromatic rings. The third-order valence-corrected chi connectivity index (χ3v) is 2.17. The molecule has 0 aliphatic rings. The molecule has 4 heteroatoms. The van der Waals surface area contributed by atoms with E-state index >= 15 is 0 Å². The van der Waals surface area contributed by atoms with E-state index in [1.807, 2.05) is 29.5 Å². The molecule has 0 fully saturated rings. The van der Waals surface area contributed by atoms with Gasteiger partial charge in [-0.2, -0.15) is 0 Å². The van der Waals surface area contributed by atoms with Crippen molar-refractivity contribution in [3.05, 3.63) is 0 Å². The summed E-state index contributed by atoms with van der Waals surface area (Å²) in [6.45, 7) is 2.46. The summed E-state index contributed by atoms with van der Waals surface area (Å²) in [7, 11) is 0. The maximum absolute atomic E-state index is 5.47. The average Bonchev–Trinajstić information content (AvgIpc) is 1.62. The third kappa shape index (κ3) is 2.81. The molecule has 0 rings (SSSR count).